The largest absolute Gasteiger partial charge is 0.419 e. The van der Waals surface area contributed by atoms with E-state index in [2.05, 4.69) is 13.2 Å². The van der Waals surface area contributed by atoms with Crippen LogP contribution in [0.3, 0.4) is 0 Å². The van der Waals surface area contributed by atoms with Gasteiger partial charge in [0.05, 0.1) is 0 Å². The number of hydrogen-bond donors (Lipinski definition) is 0. The van der Waals surface area contributed by atoms with E-state index in [-0.39, 0.29) is 11.1 Å². The molecule has 0 aromatic rings. The molecular weight excluding hydrogens is 220 g/mol. The Bertz CT molecular complexity index is 313. The van der Waals surface area contributed by atoms with Gasteiger partial charge in [0.15, 0.2) is 0 Å². The number of esters is 2. The highest BCUT2D eigenvalue weighted by atomic mass is 16.7. The zero-order valence-electron chi connectivity index (χ0n) is 11.0. The Labute approximate surface area is 102 Å². The van der Waals surface area contributed by atoms with E-state index in [1.165, 1.54) is 13.8 Å². The van der Waals surface area contributed by atoms with Crippen LogP contribution in [0.1, 0.15) is 40.5 Å². The van der Waals surface area contributed by atoms with Gasteiger partial charge in [-0.1, -0.05) is 20.1 Å². The molecule has 0 saturated heterocycles. The quantitative estimate of drug-likeness (QED) is 0.407. The van der Waals surface area contributed by atoms with Crippen molar-refractivity contribution in [2.75, 3.05) is 0 Å². The first-order valence-corrected chi connectivity index (χ1v) is 5.49. The van der Waals surface area contributed by atoms with Crippen LogP contribution in [0.25, 0.3) is 0 Å². The van der Waals surface area contributed by atoms with Gasteiger partial charge < -0.3 is 9.47 Å². The highest BCUT2D eigenvalue weighted by Crippen LogP contribution is 2.22. The minimum Gasteiger partial charge on any atom is -0.419 e. The van der Waals surface area contributed by atoms with Crippen LogP contribution in [0.2, 0.25) is 0 Å². The summed E-state index contributed by atoms with van der Waals surface area (Å²) in [7, 11) is 0. The van der Waals surface area contributed by atoms with Gasteiger partial charge >= 0.3 is 11.9 Å². The third kappa shape index (κ3) is 5.33. The van der Waals surface area contributed by atoms with Crippen LogP contribution in [0, 0.1) is 0 Å². The van der Waals surface area contributed by atoms with E-state index in [1.54, 1.807) is 6.92 Å². The maximum Gasteiger partial charge on any atom is 0.336 e. The highest BCUT2D eigenvalue weighted by molar-refractivity contribution is 5.89. The molecule has 0 spiro atoms. The van der Waals surface area contributed by atoms with Gasteiger partial charge in [0, 0.05) is 24.5 Å². The van der Waals surface area contributed by atoms with Crippen LogP contribution >= 0.6 is 0 Å². The summed E-state index contributed by atoms with van der Waals surface area (Å²) in [6.07, 6.45) is 1.13. The summed E-state index contributed by atoms with van der Waals surface area (Å²) < 4.78 is 10.3. The lowest BCUT2D eigenvalue weighted by molar-refractivity contribution is -0.219. The van der Waals surface area contributed by atoms with E-state index in [4.69, 9.17) is 9.47 Å². The number of hydrogen-bond acceptors (Lipinski definition) is 4. The van der Waals surface area contributed by atoms with Crippen molar-refractivity contribution in [2.24, 2.45) is 0 Å². The molecule has 0 amide bonds. The normalized spacial score (nSPS) is 10.6. The molecule has 0 aliphatic carbocycles. The number of rotatable bonds is 6. The average Bonchev–Trinajstić information content (AvgIpc) is 2.16. The first-order chi connectivity index (χ1) is 7.72. The standard InChI is InChI=1S/C13H20O4/c1-7-8-13(6,16-11(14)9(2)3)17-12(15)10(4)5/h2,4,7-8H2,1,3,5-6H3. The van der Waals surface area contributed by atoms with Gasteiger partial charge in [0.1, 0.15) is 0 Å². The number of ether oxygens (including phenoxy) is 2. The van der Waals surface area contributed by atoms with Gasteiger partial charge in [-0.3, -0.25) is 0 Å². The molecule has 0 fully saturated rings. The summed E-state index contributed by atoms with van der Waals surface area (Å²) in [6.45, 7) is 13.5. The third-order valence-corrected chi connectivity index (χ3v) is 2.02. The molecule has 0 aliphatic rings. The lowest BCUT2D eigenvalue weighted by Gasteiger charge is -2.29. The van der Waals surface area contributed by atoms with E-state index in [0.717, 1.165) is 0 Å². The monoisotopic (exact) mass is 240 g/mol. The predicted molar refractivity (Wildman–Crippen MR) is 65.1 cm³/mol. The first kappa shape index (κ1) is 15.4. The van der Waals surface area contributed by atoms with Crippen molar-refractivity contribution < 1.29 is 19.1 Å². The highest BCUT2D eigenvalue weighted by Gasteiger charge is 2.32. The zero-order valence-corrected chi connectivity index (χ0v) is 11.0. The molecule has 0 aliphatic heterocycles. The molecule has 0 aromatic carbocycles. The third-order valence-electron chi connectivity index (χ3n) is 2.02. The molecule has 0 radical (unpaired) electrons. The minimum absolute atomic E-state index is 0.263. The molecule has 0 unspecified atom stereocenters. The van der Waals surface area contributed by atoms with Gasteiger partial charge in [0.2, 0.25) is 0 Å². The maximum atomic E-state index is 11.4. The minimum atomic E-state index is -1.26. The molecule has 0 rings (SSSR count). The zero-order chi connectivity index (χ0) is 13.6. The Hall–Kier alpha value is -1.58. The van der Waals surface area contributed by atoms with E-state index in [1.807, 2.05) is 6.92 Å². The van der Waals surface area contributed by atoms with Crippen molar-refractivity contribution in [3.63, 3.8) is 0 Å². The van der Waals surface area contributed by atoms with Crippen LogP contribution in [-0.2, 0) is 19.1 Å². The topological polar surface area (TPSA) is 52.6 Å². The van der Waals surface area contributed by atoms with Crippen molar-refractivity contribution in [2.45, 2.75) is 46.3 Å². The van der Waals surface area contributed by atoms with Crippen molar-refractivity contribution in [3.05, 3.63) is 24.3 Å². The van der Waals surface area contributed by atoms with Gasteiger partial charge in [-0.25, -0.2) is 9.59 Å². The molecule has 0 N–H and O–H groups in total. The summed E-state index contributed by atoms with van der Waals surface area (Å²) >= 11 is 0. The Morgan fingerprint density at radius 2 is 1.41 bits per heavy atom. The van der Waals surface area contributed by atoms with E-state index >= 15 is 0 Å². The van der Waals surface area contributed by atoms with Crippen molar-refractivity contribution >= 4 is 11.9 Å². The molecule has 4 nitrogen and oxygen atoms in total. The first-order valence-electron chi connectivity index (χ1n) is 5.49. The van der Waals surface area contributed by atoms with Crippen molar-refractivity contribution in [3.8, 4) is 0 Å². The predicted octanol–water partition coefficient (Wildman–Crippen LogP) is 2.74. The fourth-order valence-corrected chi connectivity index (χ4v) is 1.14. The molecule has 4 heteroatoms. The molecular formula is C13H20O4. The lowest BCUT2D eigenvalue weighted by Crippen LogP contribution is -2.37. The summed E-state index contributed by atoms with van der Waals surface area (Å²) in [6, 6.07) is 0. The van der Waals surface area contributed by atoms with Crippen molar-refractivity contribution in [1.82, 2.24) is 0 Å². The van der Waals surface area contributed by atoms with E-state index in [0.29, 0.717) is 12.8 Å². The molecule has 0 bridgehead atoms. The van der Waals surface area contributed by atoms with Crippen LogP contribution in [-0.4, -0.2) is 17.7 Å². The van der Waals surface area contributed by atoms with Gasteiger partial charge in [0.25, 0.3) is 5.79 Å². The van der Waals surface area contributed by atoms with E-state index in [9.17, 15) is 9.59 Å². The summed E-state index contributed by atoms with van der Waals surface area (Å²) in [5, 5.41) is 0. The van der Waals surface area contributed by atoms with Gasteiger partial charge in [-0.2, -0.15) is 0 Å². The second-order valence-electron chi connectivity index (χ2n) is 4.22. The Kier molecular flexibility index (Phi) is 5.65. The second kappa shape index (κ2) is 6.23. The molecule has 0 saturated carbocycles. The lowest BCUT2D eigenvalue weighted by atomic mass is 10.1. The van der Waals surface area contributed by atoms with E-state index < -0.39 is 17.7 Å². The second-order valence-corrected chi connectivity index (χ2v) is 4.22. The molecule has 0 atom stereocenters. The van der Waals surface area contributed by atoms with Crippen LogP contribution in [0.15, 0.2) is 24.3 Å². The smallest absolute Gasteiger partial charge is 0.336 e. The van der Waals surface area contributed by atoms with Gasteiger partial charge in [-0.15, -0.1) is 0 Å². The average molecular weight is 240 g/mol. The maximum absolute atomic E-state index is 11.4. The van der Waals surface area contributed by atoms with Gasteiger partial charge in [-0.05, 0) is 20.3 Å². The number of carbonyl (C=O) groups is 2. The van der Waals surface area contributed by atoms with Crippen LogP contribution in [0.4, 0.5) is 0 Å². The summed E-state index contributed by atoms with van der Waals surface area (Å²) in [5.41, 5.74) is 0.525. The fourth-order valence-electron chi connectivity index (χ4n) is 1.14. The Balaban J connectivity index is 4.78. The summed E-state index contributed by atoms with van der Waals surface area (Å²) in [4.78, 5) is 22.9. The van der Waals surface area contributed by atoms with Crippen LogP contribution in [0.5, 0.6) is 0 Å². The Morgan fingerprint density at radius 3 is 1.65 bits per heavy atom. The molecule has 0 aromatic heterocycles. The summed E-state index contributed by atoms with van der Waals surface area (Å²) in [5.74, 6) is -2.41. The molecule has 96 valence electrons. The van der Waals surface area contributed by atoms with Crippen LogP contribution < -0.4 is 0 Å². The molecule has 17 heavy (non-hydrogen) atoms. The fraction of sp³-hybridized carbons (Fsp3) is 0.538. The SMILES string of the molecule is C=C(C)C(=O)OC(C)(CCC)OC(=O)C(=C)C. The molecule has 0 heterocycles. The Morgan fingerprint density at radius 1 is 1.06 bits per heavy atom. The number of carbonyl (C=O) groups excluding carboxylic acids is 2. The van der Waals surface area contributed by atoms with Crippen molar-refractivity contribution in [1.29, 1.82) is 0 Å².